The predicted octanol–water partition coefficient (Wildman–Crippen LogP) is 3.77. The van der Waals surface area contributed by atoms with Crippen molar-refractivity contribution in [2.75, 3.05) is 18.0 Å². The fourth-order valence-corrected chi connectivity index (χ4v) is 4.01. The van der Waals surface area contributed by atoms with E-state index in [1.807, 2.05) is 12.4 Å². The molecule has 1 unspecified atom stereocenters. The van der Waals surface area contributed by atoms with Gasteiger partial charge in [-0.25, -0.2) is 9.97 Å². The number of anilines is 1. The molecule has 1 aliphatic rings. The zero-order valence-corrected chi connectivity index (χ0v) is 13.8. The van der Waals surface area contributed by atoms with Crippen molar-refractivity contribution >= 4 is 16.5 Å². The molecule has 0 spiro atoms. The SMILES string of the molecule is c1ccc(Cn2ccnc2C2CCCN(c3nccs3)C2)cc1. The first kappa shape index (κ1) is 14.5. The zero-order chi connectivity index (χ0) is 15.5. The molecule has 0 N–H and O–H groups in total. The molecule has 4 rings (SSSR count). The molecule has 1 saturated heterocycles. The number of nitrogens with zero attached hydrogens (tertiary/aromatic N) is 4. The van der Waals surface area contributed by atoms with Gasteiger partial charge in [0.05, 0.1) is 0 Å². The normalized spacial score (nSPS) is 18.3. The molecule has 0 radical (unpaired) electrons. The van der Waals surface area contributed by atoms with Crippen LogP contribution in [0.2, 0.25) is 0 Å². The maximum Gasteiger partial charge on any atom is 0.185 e. The summed E-state index contributed by atoms with van der Waals surface area (Å²) in [4.78, 5) is 11.5. The number of aromatic nitrogens is 3. The van der Waals surface area contributed by atoms with Gasteiger partial charge in [0.25, 0.3) is 0 Å². The van der Waals surface area contributed by atoms with Gasteiger partial charge in [0.15, 0.2) is 5.13 Å². The van der Waals surface area contributed by atoms with Crippen LogP contribution >= 0.6 is 11.3 Å². The van der Waals surface area contributed by atoms with Crippen LogP contribution in [0.15, 0.2) is 54.3 Å². The van der Waals surface area contributed by atoms with Gasteiger partial charge in [-0.15, -0.1) is 11.3 Å². The van der Waals surface area contributed by atoms with Gasteiger partial charge in [0, 0.05) is 49.5 Å². The van der Waals surface area contributed by atoms with Gasteiger partial charge in [-0.1, -0.05) is 30.3 Å². The van der Waals surface area contributed by atoms with E-state index in [-0.39, 0.29) is 0 Å². The smallest absolute Gasteiger partial charge is 0.185 e. The molecule has 3 aromatic rings. The molecule has 0 aliphatic carbocycles. The van der Waals surface area contributed by atoms with Crippen LogP contribution in [0.1, 0.15) is 30.1 Å². The Bertz CT molecular complexity index is 735. The van der Waals surface area contributed by atoms with Crippen molar-refractivity contribution in [2.45, 2.75) is 25.3 Å². The first-order chi connectivity index (χ1) is 11.4. The molecule has 0 bridgehead atoms. The summed E-state index contributed by atoms with van der Waals surface area (Å²) in [5.74, 6) is 1.68. The van der Waals surface area contributed by atoms with Crippen molar-refractivity contribution in [3.05, 3.63) is 65.7 Å². The molecule has 0 amide bonds. The van der Waals surface area contributed by atoms with Crippen LogP contribution in [-0.4, -0.2) is 27.6 Å². The minimum atomic E-state index is 0.478. The lowest BCUT2D eigenvalue weighted by Crippen LogP contribution is -2.35. The van der Waals surface area contributed by atoms with Gasteiger partial charge in [0.1, 0.15) is 5.82 Å². The molecule has 1 aromatic carbocycles. The summed E-state index contributed by atoms with van der Waals surface area (Å²) in [5.41, 5.74) is 1.32. The van der Waals surface area contributed by atoms with Crippen LogP contribution in [-0.2, 0) is 6.54 Å². The van der Waals surface area contributed by atoms with Gasteiger partial charge in [-0.05, 0) is 18.4 Å². The van der Waals surface area contributed by atoms with E-state index in [0.29, 0.717) is 5.92 Å². The Morgan fingerprint density at radius 2 is 2.04 bits per heavy atom. The van der Waals surface area contributed by atoms with Gasteiger partial charge >= 0.3 is 0 Å². The lowest BCUT2D eigenvalue weighted by Gasteiger charge is -2.32. The number of piperidine rings is 1. The van der Waals surface area contributed by atoms with Crippen molar-refractivity contribution < 1.29 is 0 Å². The highest BCUT2D eigenvalue weighted by Crippen LogP contribution is 2.30. The first-order valence-electron chi connectivity index (χ1n) is 8.09. The average molecular weight is 324 g/mol. The maximum atomic E-state index is 4.67. The molecule has 5 heteroatoms. The number of rotatable bonds is 4. The maximum absolute atomic E-state index is 4.67. The third-order valence-electron chi connectivity index (χ3n) is 4.42. The van der Waals surface area contributed by atoms with Crippen LogP contribution in [0.25, 0.3) is 0 Å². The second-order valence-corrected chi connectivity index (χ2v) is 6.87. The van der Waals surface area contributed by atoms with E-state index in [9.17, 15) is 0 Å². The van der Waals surface area contributed by atoms with Crippen molar-refractivity contribution in [1.29, 1.82) is 0 Å². The van der Waals surface area contributed by atoms with Crippen LogP contribution in [0.5, 0.6) is 0 Å². The standard InChI is InChI=1S/C18H20N4S/c1-2-5-15(6-3-1)13-21-11-8-19-17(21)16-7-4-10-22(14-16)18-20-9-12-23-18/h1-3,5-6,8-9,11-12,16H,4,7,10,13-14H2. The number of benzene rings is 1. The Balaban J connectivity index is 1.53. The molecule has 118 valence electrons. The quantitative estimate of drug-likeness (QED) is 0.732. The Morgan fingerprint density at radius 3 is 2.87 bits per heavy atom. The second kappa shape index (κ2) is 6.54. The number of hydrogen-bond acceptors (Lipinski definition) is 4. The van der Waals surface area contributed by atoms with E-state index < -0.39 is 0 Å². The highest BCUT2D eigenvalue weighted by atomic mass is 32.1. The van der Waals surface area contributed by atoms with Crippen LogP contribution in [0, 0.1) is 0 Å². The molecule has 4 nitrogen and oxygen atoms in total. The fourth-order valence-electron chi connectivity index (χ4n) is 3.33. The molecule has 1 fully saturated rings. The van der Waals surface area contributed by atoms with Crippen LogP contribution in [0.4, 0.5) is 5.13 Å². The van der Waals surface area contributed by atoms with E-state index in [2.05, 4.69) is 61.3 Å². The van der Waals surface area contributed by atoms with E-state index in [1.165, 1.54) is 24.2 Å². The Hall–Kier alpha value is -2.14. The van der Waals surface area contributed by atoms with Crippen molar-refractivity contribution in [3.63, 3.8) is 0 Å². The molecule has 23 heavy (non-hydrogen) atoms. The number of hydrogen-bond donors (Lipinski definition) is 0. The molecule has 3 heterocycles. The topological polar surface area (TPSA) is 34.0 Å². The van der Waals surface area contributed by atoms with Crippen LogP contribution in [0.3, 0.4) is 0 Å². The second-order valence-electron chi connectivity index (χ2n) is 6.00. The van der Waals surface area contributed by atoms with Crippen molar-refractivity contribution in [3.8, 4) is 0 Å². The number of imidazole rings is 1. The summed E-state index contributed by atoms with van der Waals surface area (Å²) in [6.45, 7) is 3.01. The number of thiazole rings is 1. The summed E-state index contributed by atoms with van der Waals surface area (Å²) in [6, 6.07) is 10.6. The minimum Gasteiger partial charge on any atom is -0.347 e. The highest BCUT2D eigenvalue weighted by Gasteiger charge is 2.25. The van der Waals surface area contributed by atoms with Crippen molar-refractivity contribution in [1.82, 2.24) is 14.5 Å². The van der Waals surface area contributed by atoms with Gasteiger partial charge < -0.3 is 9.47 Å². The minimum absolute atomic E-state index is 0.478. The first-order valence-corrected chi connectivity index (χ1v) is 8.97. The predicted molar refractivity (Wildman–Crippen MR) is 94.1 cm³/mol. The largest absolute Gasteiger partial charge is 0.347 e. The molecule has 0 saturated carbocycles. The molecular formula is C18H20N4S. The van der Waals surface area contributed by atoms with Gasteiger partial charge in [0.2, 0.25) is 0 Å². The summed E-state index contributed by atoms with van der Waals surface area (Å²) in [5, 5.41) is 3.19. The Kier molecular flexibility index (Phi) is 4.11. The summed E-state index contributed by atoms with van der Waals surface area (Å²) in [7, 11) is 0. The third kappa shape index (κ3) is 3.15. The monoisotopic (exact) mass is 324 g/mol. The molecule has 1 atom stereocenters. The molecule has 1 aliphatic heterocycles. The lowest BCUT2D eigenvalue weighted by molar-refractivity contribution is 0.476. The van der Waals surface area contributed by atoms with E-state index in [0.717, 1.165) is 24.8 Å². The van der Waals surface area contributed by atoms with Crippen LogP contribution < -0.4 is 4.90 Å². The Labute approximate surface area is 140 Å². The van der Waals surface area contributed by atoms with Gasteiger partial charge in [-0.2, -0.15) is 0 Å². The van der Waals surface area contributed by atoms with E-state index in [1.54, 1.807) is 11.3 Å². The molecular weight excluding hydrogens is 304 g/mol. The Morgan fingerprint density at radius 1 is 1.13 bits per heavy atom. The zero-order valence-electron chi connectivity index (χ0n) is 13.0. The summed E-state index contributed by atoms with van der Waals surface area (Å²) >= 11 is 1.72. The van der Waals surface area contributed by atoms with E-state index >= 15 is 0 Å². The van der Waals surface area contributed by atoms with Gasteiger partial charge in [-0.3, -0.25) is 0 Å². The molecule has 2 aromatic heterocycles. The lowest BCUT2D eigenvalue weighted by atomic mass is 9.97. The highest BCUT2D eigenvalue weighted by molar-refractivity contribution is 7.13. The fraction of sp³-hybridized carbons (Fsp3) is 0.333. The third-order valence-corrected chi connectivity index (χ3v) is 5.25. The van der Waals surface area contributed by atoms with E-state index in [4.69, 9.17) is 0 Å². The van der Waals surface area contributed by atoms with Crippen molar-refractivity contribution in [2.24, 2.45) is 0 Å². The summed E-state index contributed by atoms with van der Waals surface area (Å²) < 4.78 is 2.30. The average Bonchev–Trinajstić information content (AvgIpc) is 3.28. The summed E-state index contributed by atoms with van der Waals surface area (Å²) in [6.07, 6.45) is 8.32.